The van der Waals surface area contributed by atoms with Crippen LogP contribution in [-0.4, -0.2) is 70.4 Å². The Morgan fingerprint density at radius 1 is 1.20 bits per heavy atom. The molecule has 8 rings (SSSR count). The molecule has 2 aromatic heterocycles. The number of methoxy groups -OCH3 is 1. The number of pyridine rings is 1. The lowest BCUT2D eigenvalue weighted by atomic mass is 9.45. The number of guanidine groups is 1. The quantitative estimate of drug-likeness (QED) is 0.166. The van der Waals surface area contributed by atoms with Crippen LogP contribution in [0.3, 0.4) is 0 Å². The van der Waals surface area contributed by atoms with E-state index in [9.17, 15) is 13.6 Å². The summed E-state index contributed by atoms with van der Waals surface area (Å²) in [6, 6.07) is 13.8. The summed E-state index contributed by atoms with van der Waals surface area (Å²) in [7, 11) is 1.50. The highest BCUT2D eigenvalue weighted by atomic mass is 19.1. The van der Waals surface area contributed by atoms with Crippen LogP contribution in [0.25, 0.3) is 22.3 Å². The highest BCUT2D eigenvalue weighted by Crippen LogP contribution is 2.61. The van der Waals surface area contributed by atoms with Crippen LogP contribution in [0, 0.1) is 29.0 Å². The van der Waals surface area contributed by atoms with Crippen molar-refractivity contribution in [2.24, 2.45) is 28.2 Å². The van der Waals surface area contributed by atoms with Crippen LogP contribution in [0.5, 0.6) is 5.75 Å². The van der Waals surface area contributed by atoms with Gasteiger partial charge >= 0.3 is 0 Å². The molecule has 2 bridgehead atoms. The molecular formula is C39H47F2N7O2. The second-order valence-corrected chi connectivity index (χ2v) is 14.9. The Bertz CT molecular complexity index is 1950. The van der Waals surface area contributed by atoms with E-state index in [-0.39, 0.29) is 36.4 Å². The van der Waals surface area contributed by atoms with Crippen molar-refractivity contribution < 1.29 is 13.5 Å². The fourth-order valence-electron chi connectivity index (χ4n) is 8.36. The van der Waals surface area contributed by atoms with E-state index in [1.54, 1.807) is 48.1 Å². The Hall–Kier alpha value is -4.38. The maximum Gasteiger partial charge on any atom is 0.261 e. The second-order valence-electron chi connectivity index (χ2n) is 14.9. The van der Waals surface area contributed by atoms with Crippen molar-refractivity contribution >= 4 is 22.5 Å². The third-order valence-corrected chi connectivity index (χ3v) is 11.7. The summed E-state index contributed by atoms with van der Waals surface area (Å²) in [4.78, 5) is 30.9. The first-order valence-electron chi connectivity index (χ1n) is 17.8. The Morgan fingerprint density at radius 3 is 2.74 bits per heavy atom. The van der Waals surface area contributed by atoms with E-state index in [4.69, 9.17) is 14.7 Å². The van der Waals surface area contributed by atoms with Crippen molar-refractivity contribution in [3.05, 3.63) is 82.7 Å². The average molecular weight is 684 g/mol. The van der Waals surface area contributed by atoms with Gasteiger partial charge in [-0.05, 0) is 91.3 Å². The number of benzene rings is 2. The van der Waals surface area contributed by atoms with Crippen LogP contribution in [0.4, 0.5) is 14.5 Å². The molecule has 4 fully saturated rings. The molecule has 2 N–H and O–H groups in total. The number of nitrogens with one attached hydrogen (secondary N) is 2. The van der Waals surface area contributed by atoms with Gasteiger partial charge in [-0.15, -0.1) is 0 Å². The molecule has 6 atom stereocenters. The monoisotopic (exact) mass is 683 g/mol. The first-order chi connectivity index (χ1) is 24.0. The first-order valence-corrected chi connectivity index (χ1v) is 17.8. The summed E-state index contributed by atoms with van der Waals surface area (Å²) in [6.45, 7) is 10.8. The number of aromatic nitrogens is 3. The van der Waals surface area contributed by atoms with Gasteiger partial charge in [-0.2, -0.15) is 0 Å². The number of hydrogen-bond donors (Lipinski definition) is 2. The molecule has 4 aliphatic rings. The highest BCUT2D eigenvalue weighted by Gasteiger charge is 2.56. The van der Waals surface area contributed by atoms with E-state index in [0.29, 0.717) is 76.4 Å². The number of alkyl halides is 1. The fourth-order valence-corrected chi connectivity index (χ4v) is 8.36. The van der Waals surface area contributed by atoms with Crippen LogP contribution in [0.1, 0.15) is 46.1 Å². The van der Waals surface area contributed by atoms with Crippen LogP contribution < -0.4 is 20.9 Å². The van der Waals surface area contributed by atoms with Crippen molar-refractivity contribution in [3.63, 3.8) is 0 Å². The van der Waals surface area contributed by atoms with Crippen molar-refractivity contribution in [2.75, 3.05) is 32.1 Å². The van der Waals surface area contributed by atoms with E-state index in [1.807, 2.05) is 18.2 Å². The fraction of sp³-hybridized carbons (Fsp3) is 0.487. The molecule has 4 aromatic rings. The maximum atomic E-state index is 14.9. The number of aryl methyl sites for hydroxylation is 1. The number of ether oxygens (including phenoxy) is 1. The number of nitrogens with zero attached hydrogens (tertiary/aromatic N) is 5. The number of aliphatic imine (C=N–C) groups is 1. The molecule has 1 saturated heterocycles. The molecule has 0 spiro atoms. The third-order valence-electron chi connectivity index (χ3n) is 11.7. The van der Waals surface area contributed by atoms with Gasteiger partial charge in [-0.1, -0.05) is 26.8 Å². The van der Waals surface area contributed by atoms with Crippen molar-refractivity contribution in [3.8, 4) is 17.1 Å². The Morgan fingerprint density at radius 2 is 2.04 bits per heavy atom. The van der Waals surface area contributed by atoms with Crippen LogP contribution in [-0.2, 0) is 13.0 Å². The van der Waals surface area contributed by atoms with Crippen LogP contribution in [0.2, 0.25) is 0 Å². The summed E-state index contributed by atoms with van der Waals surface area (Å²) in [5, 5.41) is 7.35. The van der Waals surface area contributed by atoms with Gasteiger partial charge in [-0.3, -0.25) is 14.3 Å². The minimum Gasteiger partial charge on any atom is -0.497 e. The summed E-state index contributed by atoms with van der Waals surface area (Å²) in [5.41, 5.74) is 2.55. The zero-order chi connectivity index (χ0) is 35.2. The van der Waals surface area contributed by atoms with E-state index in [2.05, 4.69) is 41.3 Å². The summed E-state index contributed by atoms with van der Waals surface area (Å²) < 4.78 is 36.1. The topological polar surface area (TPSA) is 96.7 Å². The SMILES string of the molecule is COc1ccc(CCn2c(-c3cccnc3)nc3cc(NC(=N[C@H]4C[C@H]5C[C@@H]([C@@H]4C)C5(C)C)N4CCN[C@@H](C(C)F)C4)ccc3c2=O)c(F)c1. The number of anilines is 1. The van der Waals surface area contributed by atoms with Crippen molar-refractivity contribution in [1.82, 2.24) is 24.8 Å². The standard InChI is InChI=1S/C39H47F2N7O2/c1-23-31-17-27(39(31,3)4)18-33(23)46-38(47-16-14-43-35(22-47)24(2)40)44-28-9-11-30-34(19-28)45-36(26-7-6-13-42-21-26)48(37(30)49)15-12-25-8-10-29(50-5)20-32(25)41/h6-11,13,19-21,23-24,27,31,33,35,43H,12,14-18,22H2,1-5H3,(H,44,46)/t23-,24?,27+,31-,33-,35+/m0/s1. The van der Waals surface area contributed by atoms with Gasteiger partial charge in [-0.25, -0.2) is 18.8 Å². The molecule has 1 unspecified atom stereocenters. The van der Waals surface area contributed by atoms with Crippen molar-refractivity contribution in [1.29, 1.82) is 0 Å². The maximum absolute atomic E-state index is 14.9. The Balaban J connectivity index is 1.23. The zero-order valence-electron chi connectivity index (χ0n) is 29.5. The molecular weight excluding hydrogens is 636 g/mol. The molecule has 1 aliphatic heterocycles. The van der Waals surface area contributed by atoms with E-state index in [0.717, 1.165) is 18.1 Å². The predicted octanol–water partition coefficient (Wildman–Crippen LogP) is 6.32. The van der Waals surface area contributed by atoms with E-state index >= 15 is 0 Å². The van der Waals surface area contributed by atoms with E-state index < -0.39 is 6.17 Å². The lowest BCUT2D eigenvalue weighted by Gasteiger charge is -2.61. The number of piperazine rings is 1. The highest BCUT2D eigenvalue weighted by molar-refractivity contribution is 5.96. The van der Waals surface area contributed by atoms with Gasteiger partial charge in [0.25, 0.3) is 5.56 Å². The molecule has 50 heavy (non-hydrogen) atoms. The minimum atomic E-state index is -1.000. The molecule has 3 saturated carbocycles. The predicted molar refractivity (Wildman–Crippen MR) is 194 cm³/mol. The molecule has 2 aromatic carbocycles. The minimum absolute atomic E-state index is 0.170. The Kier molecular flexibility index (Phi) is 9.36. The number of fused-ring (bicyclic) bond motifs is 3. The first kappa shape index (κ1) is 34.1. The normalized spacial score (nSPS) is 25.2. The zero-order valence-corrected chi connectivity index (χ0v) is 29.5. The number of halogens is 2. The molecule has 9 nitrogen and oxygen atoms in total. The van der Waals surface area contributed by atoms with Gasteiger partial charge in [0.05, 0.1) is 30.1 Å². The molecule has 11 heteroatoms. The van der Waals surface area contributed by atoms with Gasteiger partial charge in [0.15, 0.2) is 5.96 Å². The summed E-state index contributed by atoms with van der Waals surface area (Å²) in [6.07, 6.45) is 4.94. The molecule has 3 heterocycles. The number of rotatable bonds is 8. The van der Waals surface area contributed by atoms with Gasteiger partial charge < -0.3 is 20.3 Å². The molecule has 0 radical (unpaired) electrons. The van der Waals surface area contributed by atoms with Crippen LogP contribution >= 0.6 is 0 Å². The summed E-state index contributed by atoms with van der Waals surface area (Å²) in [5.74, 6) is 2.96. The molecule has 264 valence electrons. The second kappa shape index (κ2) is 13.7. The Labute approximate surface area is 292 Å². The van der Waals surface area contributed by atoms with Gasteiger partial charge in [0.2, 0.25) is 0 Å². The molecule has 3 aliphatic carbocycles. The molecule has 0 amide bonds. The lowest BCUT2D eigenvalue weighted by molar-refractivity contribution is -0.108. The van der Waals surface area contributed by atoms with E-state index in [1.165, 1.54) is 19.6 Å². The average Bonchev–Trinajstić information content (AvgIpc) is 3.12. The third kappa shape index (κ3) is 6.48. The summed E-state index contributed by atoms with van der Waals surface area (Å²) >= 11 is 0. The van der Waals surface area contributed by atoms with Crippen LogP contribution in [0.15, 0.2) is 70.7 Å². The smallest absolute Gasteiger partial charge is 0.261 e. The van der Waals surface area contributed by atoms with Gasteiger partial charge in [0.1, 0.15) is 23.6 Å². The largest absolute Gasteiger partial charge is 0.497 e. The van der Waals surface area contributed by atoms with Gasteiger partial charge in [0, 0.05) is 55.9 Å². The number of hydrogen-bond acceptors (Lipinski definition) is 6. The lowest BCUT2D eigenvalue weighted by Crippen LogP contribution is -2.58. The van der Waals surface area contributed by atoms with Crippen molar-refractivity contribution in [2.45, 2.75) is 71.8 Å².